The smallest absolute Gasteiger partial charge is 0.0420 e. The Morgan fingerprint density at radius 3 is 2.80 bits per heavy atom. The van der Waals surface area contributed by atoms with Crippen molar-refractivity contribution in [2.24, 2.45) is 11.8 Å². The molecule has 0 radical (unpaired) electrons. The Labute approximate surface area is 98.6 Å². The van der Waals surface area contributed by atoms with Crippen LogP contribution in [0.4, 0.5) is 0 Å². The molecule has 4 heteroatoms. The molecule has 15 heavy (non-hydrogen) atoms. The predicted octanol–water partition coefficient (Wildman–Crippen LogP) is 2.02. The lowest BCUT2D eigenvalue weighted by molar-refractivity contribution is 0.227. The zero-order chi connectivity index (χ0) is 10.7. The molecule has 1 atom stereocenters. The molecule has 1 unspecified atom stereocenters. The monoisotopic (exact) mass is 269 g/mol. The van der Waals surface area contributed by atoms with Crippen molar-refractivity contribution in [1.29, 1.82) is 0 Å². The zero-order valence-corrected chi connectivity index (χ0v) is 10.2. The standard InChI is InChI=1S/C11H16BrN3/c12-9-4-5-10(14-7-9)6-11(15-13)8-2-1-3-8/h4-5,7-8,11,15H,1-3,6,13H2. The molecular weight excluding hydrogens is 254 g/mol. The van der Waals surface area contributed by atoms with E-state index in [1.807, 2.05) is 18.3 Å². The second-order valence-corrected chi connectivity index (χ2v) is 5.05. The van der Waals surface area contributed by atoms with Crippen LogP contribution in [0.15, 0.2) is 22.8 Å². The van der Waals surface area contributed by atoms with Gasteiger partial charge in [-0.2, -0.15) is 0 Å². The molecule has 3 N–H and O–H groups in total. The molecule has 2 rings (SSSR count). The highest BCUT2D eigenvalue weighted by Gasteiger charge is 2.26. The van der Waals surface area contributed by atoms with Gasteiger partial charge in [-0.3, -0.25) is 16.3 Å². The number of hydrogen-bond acceptors (Lipinski definition) is 3. The number of hydrogen-bond donors (Lipinski definition) is 2. The van der Waals surface area contributed by atoms with Gasteiger partial charge in [0, 0.05) is 28.8 Å². The number of rotatable bonds is 4. The summed E-state index contributed by atoms with van der Waals surface area (Å²) in [6, 6.07) is 4.46. The van der Waals surface area contributed by atoms with Crippen molar-refractivity contribution in [3.05, 3.63) is 28.5 Å². The minimum absolute atomic E-state index is 0.382. The van der Waals surface area contributed by atoms with Crippen molar-refractivity contribution in [1.82, 2.24) is 10.4 Å². The van der Waals surface area contributed by atoms with Crippen LogP contribution >= 0.6 is 15.9 Å². The van der Waals surface area contributed by atoms with Crippen LogP contribution in [-0.4, -0.2) is 11.0 Å². The van der Waals surface area contributed by atoms with Gasteiger partial charge in [-0.05, 0) is 46.8 Å². The third-order valence-corrected chi connectivity index (χ3v) is 3.62. The number of hydrazine groups is 1. The molecule has 3 nitrogen and oxygen atoms in total. The highest BCUT2D eigenvalue weighted by molar-refractivity contribution is 9.10. The second kappa shape index (κ2) is 5.05. The van der Waals surface area contributed by atoms with Crippen molar-refractivity contribution in [2.45, 2.75) is 31.7 Å². The summed E-state index contributed by atoms with van der Waals surface area (Å²) in [7, 11) is 0. The van der Waals surface area contributed by atoms with E-state index >= 15 is 0 Å². The molecule has 82 valence electrons. The lowest BCUT2D eigenvalue weighted by Gasteiger charge is -2.33. The van der Waals surface area contributed by atoms with Crippen molar-refractivity contribution in [3.8, 4) is 0 Å². The van der Waals surface area contributed by atoms with Crippen molar-refractivity contribution < 1.29 is 0 Å². The van der Waals surface area contributed by atoms with Gasteiger partial charge < -0.3 is 0 Å². The van der Waals surface area contributed by atoms with Crippen LogP contribution in [0.3, 0.4) is 0 Å². The summed E-state index contributed by atoms with van der Waals surface area (Å²) in [5.74, 6) is 6.31. The highest BCUT2D eigenvalue weighted by atomic mass is 79.9. The minimum atomic E-state index is 0.382. The lowest BCUT2D eigenvalue weighted by atomic mass is 9.78. The third-order valence-electron chi connectivity index (χ3n) is 3.15. The largest absolute Gasteiger partial charge is 0.271 e. The molecule has 1 saturated carbocycles. The Balaban J connectivity index is 1.96. The van der Waals surface area contributed by atoms with Gasteiger partial charge in [0.2, 0.25) is 0 Å². The number of nitrogens with one attached hydrogen (secondary N) is 1. The van der Waals surface area contributed by atoms with Crippen molar-refractivity contribution in [2.75, 3.05) is 0 Å². The topological polar surface area (TPSA) is 50.9 Å². The van der Waals surface area contributed by atoms with Crippen LogP contribution in [0.5, 0.6) is 0 Å². The van der Waals surface area contributed by atoms with Crippen LogP contribution in [0, 0.1) is 5.92 Å². The average molecular weight is 270 g/mol. The molecular formula is C11H16BrN3. The third kappa shape index (κ3) is 2.77. The van der Waals surface area contributed by atoms with E-state index in [2.05, 4.69) is 26.3 Å². The maximum Gasteiger partial charge on any atom is 0.0420 e. The zero-order valence-electron chi connectivity index (χ0n) is 8.62. The Bertz CT molecular complexity index is 308. The first kappa shape index (κ1) is 11.0. The average Bonchev–Trinajstić information content (AvgIpc) is 2.17. The maximum atomic E-state index is 5.57. The summed E-state index contributed by atoms with van der Waals surface area (Å²) < 4.78 is 1.02. The Hall–Kier alpha value is -0.450. The van der Waals surface area contributed by atoms with Crippen LogP contribution in [0.2, 0.25) is 0 Å². The van der Waals surface area contributed by atoms with E-state index < -0.39 is 0 Å². The Kier molecular flexibility index (Phi) is 3.72. The highest BCUT2D eigenvalue weighted by Crippen LogP contribution is 2.30. The molecule has 0 spiro atoms. The lowest BCUT2D eigenvalue weighted by Crippen LogP contribution is -2.45. The summed E-state index contributed by atoms with van der Waals surface area (Å²) in [4.78, 5) is 4.36. The first-order valence-corrected chi connectivity index (χ1v) is 6.15. The number of aromatic nitrogens is 1. The Morgan fingerprint density at radius 2 is 2.33 bits per heavy atom. The van der Waals surface area contributed by atoms with E-state index in [1.54, 1.807) is 0 Å². The van der Waals surface area contributed by atoms with Crippen LogP contribution in [0.1, 0.15) is 25.0 Å². The van der Waals surface area contributed by atoms with Gasteiger partial charge in [0.1, 0.15) is 0 Å². The number of nitrogens with zero attached hydrogens (tertiary/aromatic N) is 1. The van der Waals surface area contributed by atoms with E-state index in [0.29, 0.717) is 6.04 Å². The molecule has 1 heterocycles. The molecule has 0 aromatic carbocycles. The summed E-state index contributed by atoms with van der Waals surface area (Å²) in [5, 5.41) is 0. The molecule has 1 aliphatic rings. The quantitative estimate of drug-likeness (QED) is 0.650. The summed E-state index contributed by atoms with van der Waals surface area (Å²) in [5.41, 5.74) is 4.02. The van der Waals surface area contributed by atoms with Crippen molar-refractivity contribution >= 4 is 15.9 Å². The van der Waals surface area contributed by atoms with Gasteiger partial charge >= 0.3 is 0 Å². The first-order chi connectivity index (χ1) is 7.29. The number of halogens is 1. The number of pyridine rings is 1. The van der Waals surface area contributed by atoms with Gasteiger partial charge in [-0.1, -0.05) is 6.42 Å². The predicted molar refractivity (Wildman–Crippen MR) is 64.1 cm³/mol. The summed E-state index contributed by atoms with van der Waals surface area (Å²) >= 11 is 3.38. The van der Waals surface area contributed by atoms with Gasteiger partial charge in [-0.15, -0.1) is 0 Å². The molecule has 0 saturated heterocycles. The number of nitrogens with two attached hydrogens (primary N) is 1. The fourth-order valence-electron chi connectivity index (χ4n) is 1.96. The molecule has 1 aromatic heterocycles. The first-order valence-electron chi connectivity index (χ1n) is 5.36. The van der Waals surface area contributed by atoms with Crippen LogP contribution in [-0.2, 0) is 6.42 Å². The summed E-state index contributed by atoms with van der Waals surface area (Å²) in [6.45, 7) is 0. The minimum Gasteiger partial charge on any atom is -0.271 e. The van der Waals surface area contributed by atoms with Gasteiger partial charge in [0.05, 0.1) is 0 Å². The summed E-state index contributed by atoms with van der Waals surface area (Å²) in [6.07, 6.45) is 6.70. The molecule has 0 aliphatic heterocycles. The Morgan fingerprint density at radius 1 is 1.53 bits per heavy atom. The van der Waals surface area contributed by atoms with Gasteiger partial charge in [0.15, 0.2) is 0 Å². The molecule has 1 aliphatic carbocycles. The molecule has 0 bridgehead atoms. The fraction of sp³-hybridized carbons (Fsp3) is 0.545. The van der Waals surface area contributed by atoms with E-state index in [9.17, 15) is 0 Å². The van der Waals surface area contributed by atoms with Gasteiger partial charge in [0.25, 0.3) is 0 Å². The van der Waals surface area contributed by atoms with Crippen LogP contribution in [0.25, 0.3) is 0 Å². The van der Waals surface area contributed by atoms with E-state index in [1.165, 1.54) is 19.3 Å². The van der Waals surface area contributed by atoms with E-state index in [-0.39, 0.29) is 0 Å². The van der Waals surface area contributed by atoms with E-state index in [0.717, 1.165) is 22.5 Å². The van der Waals surface area contributed by atoms with E-state index in [4.69, 9.17) is 5.84 Å². The fourth-order valence-corrected chi connectivity index (χ4v) is 2.19. The van der Waals surface area contributed by atoms with Gasteiger partial charge in [-0.25, -0.2) is 0 Å². The SMILES string of the molecule is NNC(Cc1ccc(Br)cn1)C1CCC1. The van der Waals surface area contributed by atoms with Crippen molar-refractivity contribution in [3.63, 3.8) is 0 Å². The maximum absolute atomic E-state index is 5.57. The second-order valence-electron chi connectivity index (χ2n) is 4.14. The molecule has 0 amide bonds. The van der Waals surface area contributed by atoms with Crippen LogP contribution < -0.4 is 11.3 Å². The molecule has 1 aromatic rings. The molecule has 1 fully saturated rings. The normalized spacial score (nSPS) is 18.5.